The van der Waals surface area contributed by atoms with Gasteiger partial charge in [0, 0.05) is 0 Å². The van der Waals surface area contributed by atoms with Crippen molar-refractivity contribution < 1.29 is 19.7 Å². The molecule has 0 aliphatic carbocycles. The summed E-state index contributed by atoms with van der Waals surface area (Å²) in [6.07, 6.45) is -2.14. The van der Waals surface area contributed by atoms with Gasteiger partial charge in [-0.2, -0.15) is 0 Å². The van der Waals surface area contributed by atoms with Crippen molar-refractivity contribution in [2.45, 2.75) is 42.2 Å². The van der Waals surface area contributed by atoms with Crippen LogP contribution in [0, 0.1) is 0 Å². The van der Waals surface area contributed by atoms with Crippen LogP contribution in [0.1, 0.15) is 6.92 Å². The van der Waals surface area contributed by atoms with Gasteiger partial charge in [0.05, 0.1) is 0 Å². The van der Waals surface area contributed by atoms with Crippen molar-refractivity contribution in [1.29, 1.82) is 0 Å². The molecule has 5 atom stereocenters. The zero-order valence-corrected chi connectivity index (χ0v) is 9.72. The third-order valence-corrected chi connectivity index (χ3v) is 4.60. The molecule has 1 fully saturated rings. The van der Waals surface area contributed by atoms with Crippen LogP contribution < -0.4 is 0 Å². The molecule has 0 aromatic carbocycles. The van der Waals surface area contributed by atoms with Crippen molar-refractivity contribution in [2.75, 3.05) is 7.11 Å². The van der Waals surface area contributed by atoms with E-state index in [1.807, 2.05) is 5.82 Å². The zero-order chi connectivity index (χ0) is 10.0. The second kappa shape index (κ2) is 4.73. The van der Waals surface area contributed by atoms with E-state index in [2.05, 4.69) is 0 Å². The van der Waals surface area contributed by atoms with Crippen molar-refractivity contribution in [3.63, 3.8) is 0 Å². The quantitative estimate of drug-likeness (QED) is 0.662. The Balaban J connectivity index is 2.69. The Hall–Kier alpha value is 0.359. The van der Waals surface area contributed by atoms with Crippen LogP contribution in [0.25, 0.3) is 0 Å². The van der Waals surface area contributed by atoms with E-state index in [0.29, 0.717) is 0 Å². The molecule has 1 heterocycles. The molecular formula is C8H16O4Se. The Morgan fingerprint density at radius 2 is 1.92 bits per heavy atom. The predicted molar refractivity (Wildman–Crippen MR) is 48.7 cm³/mol. The Bertz CT molecular complexity index is 166. The van der Waals surface area contributed by atoms with E-state index in [9.17, 15) is 10.2 Å². The molecule has 13 heavy (non-hydrogen) atoms. The van der Waals surface area contributed by atoms with Crippen LogP contribution >= 0.6 is 0 Å². The first-order valence-corrected chi connectivity index (χ1v) is 6.89. The monoisotopic (exact) mass is 256 g/mol. The zero-order valence-electron chi connectivity index (χ0n) is 8.01. The summed E-state index contributed by atoms with van der Waals surface area (Å²) in [5.41, 5.74) is 0. The Morgan fingerprint density at radius 1 is 1.31 bits per heavy atom. The summed E-state index contributed by atoms with van der Waals surface area (Å²) in [5, 5.41) is 19.4. The number of ether oxygens (including phenoxy) is 2. The van der Waals surface area contributed by atoms with Gasteiger partial charge in [0.2, 0.25) is 0 Å². The molecule has 0 unspecified atom stereocenters. The fraction of sp³-hybridized carbons (Fsp3) is 1.00. The molecule has 0 radical (unpaired) electrons. The van der Waals surface area contributed by atoms with Gasteiger partial charge in [-0.05, 0) is 0 Å². The molecule has 0 bridgehead atoms. The van der Waals surface area contributed by atoms with Crippen LogP contribution in [0.2, 0.25) is 10.6 Å². The second-order valence-corrected chi connectivity index (χ2v) is 5.26. The van der Waals surface area contributed by atoms with Crippen LogP contribution in [0.3, 0.4) is 0 Å². The number of hydrogen-bond donors (Lipinski definition) is 2. The van der Waals surface area contributed by atoms with E-state index in [4.69, 9.17) is 9.47 Å². The molecule has 2 N–H and O–H groups in total. The molecule has 1 aliphatic heterocycles. The van der Waals surface area contributed by atoms with Crippen LogP contribution in [-0.4, -0.2) is 56.9 Å². The molecule has 0 saturated carbocycles. The van der Waals surface area contributed by atoms with E-state index in [-0.39, 0.29) is 25.9 Å². The molecule has 1 rings (SSSR count). The number of methoxy groups -OCH3 is 1. The SMILES string of the molecule is CO[C@@H]1O[C@@H](C)[C@@H](O)[C@@H]([Se]C)[C@@H]1O. The van der Waals surface area contributed by atoms with Gasteiger partial charge < -0.3 is 0 Å². The van der Waals surface area contributed by atoms with Crippen LogP contribution in [0.4, 0.5) is 0 Å². The van der Waals surface area contributed by atoms with Crippen molar-refractivity contribution in [3.8, 4) is 0 Å². The van der Waals surface area contributed by atoms with Gasteiger partial charge in [-0.1, -0.05) is 0 Å². The van der Waals surface area contributed by atoms with Gasteiger partial charge in [0.25, 0.3) is 0 Å². The van der Waals surface area contributed by atoms with Gasteiger partial charge in [-0.3, -0.25) is 0 Å². The van der Waals surface area contributed by atoms with E-state index >= 15 is 0 Å². The summed E-state index contributed by atoms with van der Waals surface area (Å²) in [4.78, 5) is -0.0961. The van der Waals surface area contributed by atoms with Gasteiger partial charge in [0.15, 0.2) is 0 Å². The first-order chi connectivity index (χ1) is 6.11. The molecule has 5 heteroatoms. The number of hydrogen-bond acceptors (Lipinski definition) is 4. The van der Waals surface area contributed by atoms with Gasteiger partial charge in [-0.25, -0.2) is 0 Å². The van der Waals surface area contributed by atoms with Gasteiger partial charge >= 0.3 is 83.9 Å². The molecule has 0 amide bonds. The molecule has 1 saturated heterocycles. The third-order valence-electron chi connectivity index (χ3n) is 2.29. The number of aliphatic hydroxyl groups excluding tert-OH is 2. The van der Waals surface area contributed by atoms with E-state index in [1.165, 1.54) is 7.11 Å². The van der Waals surface area contributed by atoms with E-state index in [0.717, 1.165) is 0 Å². The summed E-state index contributed by atoms with van der Waals surface area (Å²) < 4.78 is 10.3. The standard InChI is InChI=1S/C8H16O4Se/c1-4-5(9)7(13-3)6(10)8(11-2)12-4/h4-10H,1-3H3/t4-,5+,6-,7+,8+/m0/s1. The maximum atomic E-state index is 9.72. The Kier molecular flexibility index (Phi) is 4.16. The summed E-state index contributed by atoms with van der Waals surface area (Å²) in [6, 6.07) is 0. The van der Waals surface area contributed by atoms with Crippen molar-refractivity contribution in [2.24, 2.45) is 0 Å². The van der Waals surface area contributed by atoms with Crippen molar-refractivity contribution in [1.82, 2.24) is 0 Å². The van der Waals surface area contributed by atoms with E-state index < -0.39 is 18.5 Å². The molecule has 1 aliphatic rings. The fourth-order valence-corrected chi connectivity index (χ4v) is 3.37. The molecule has 0 aromatic rings. The molecule has 78 valence electrons. The Morgan fingerprint density at radius 3 is 2.38 bits per heavy atom. The molecular weight excluding hydrogens is 239 g/mol. The average Bonchev–Trinajstić information content (AvgIpc) is 2.12. The van der Waals surface area contributed by atoms with Gasteiger partial charge in [-0.15, -0.1) is 0 Å². The van der Waals surface area contributed by atoms with Crippen LogP contribution in [0.5, 0.6) is 0 Å². The van der Waals surface area contributed by atoms with Crippen molar-refractivity contribution in [3.05, 3.63) is 0 Å². The molecule has 0 aromatic heterocycles. The van der Waals surface area contributed by atoms with Crippen molar-refractivity contribution >= 4 is 15.0 Å². The normalized spacial score (nSPS) is 46.4. The summed E-state index contributed by atoms with van der Waals surface area (Å²) in [7, 11) is 1.50. The summed E-state index contributed by atoms with van der Waals surface area (Å²) in [5.74, 6) is 1.99. The molecule has 0 spiro atoms. The number of aliphatic hydroxyl groups is 2. The van der Waals surface area contributed by atoms with Crippen LogP contribution in [-0.2, 0) is 9.47 Å². The minimum atomic E-state index is -0.707. The minimum absolute atomic E-state index is 0.0961. The second-order valence-electron chi connectivity index (χ2n) is 3.13. The fourth-order valence-electron chi connectivity index (χ4n) is 1.47. The third kappa shape index (κ3) is 2.24. The summed E-state index contributed by atoms with van der Waals surface area (Å²) >= 11 is 0.188. The molecule has 4 nitrogen and oxygen atoms in total. The first-order valence-electron chi connectivity index (χ1n) is 4.19. The van der Waals surface area contributed by atoms with Gasteiger partial charge in [0.1, 0.15) is 0 Å². The average molecular weight is 255 g/mol. The topological polar surface area (TPSA) is 58.9 Å². The van der Waals surface area contributed by atoms with E-state index in [1.54, 1.807) is 6.92 Å². The first kappa shape index (κ1) is 11.4. The Labute approximate surface area is 84.4 Å². The van der Waals surface area contributed by atoms with Crippen LogP contribution in [0.15, 0.2) is 0 Å². The summed E-state index contributed by atoms with van der Waals surface area (Å²) in [6.45, 7) is 1.79. The maximum absolute atomic E-state index is 9.72. The number of rotatable bonds is 2. The predicted octanol–water partition coefficient (Wildman–Crippen LogP) is -0.360.